The summed E-state index contributed by atoms with van der Waals surface area (Å²) in [7, 11) is -2.31. The maximum Gasteiger partial charge on any atom is 0.417 e. The van der Waals surface area contributed by atoms with Crippen LogP contribution in [-0.4, -0.2) is 20.5 Å². The van der Waals surface area contributed by atoms with Gasteiger partial charge in [0.25, 0.3) is 0 Å². The molecular weight excluding hydrogens is 356 g/mol. The molecule has 1 aromatic heterocycles. The van der Waals surface area contributed by atoms with Crippen LogP contribution in [0.1, 0.15) is 11.1 Å². The number of nitrogens with zero attached hydrogens (tertiary/aromatic N) is 1. The molecule has 1 heterocycles. The lowest BCUT2D eigenvalue weighted by molar-refractivity contribution is 0.414. The normalized spacial score (nSPS) is 12.1. The minimum Gasteiger partial charge on any atom is -0.497 e. The maximum atomic E-state index is 12.6. The van der Waals surface area contributed by atoms with Gasteiger partial charge in [0, 0.05) is 0 Å². The number of H-pyrrole nitrogens is 1. The summed E-state index contributed by atoms with van der Waals surface area (Å²) in [6, 6.07) is 13.0. The number of aromatic nitrogens is 1. The van der Waals surface area contributed by atoms with Crippen LogP contribution >= 0.6 is 0 Å². The number of benzene rings is 2. The minimum absolute atomic E-state index is 0.286. The Labute approximate surface area is 149 Å². The van der Waals surface area contributed by atoms with Crippen LogP contribution in [0.3, 0.4) is 0 Å². The number of hydrogen-bond acceptors (Lipinski definition) is 6. The van der Waals surface area contributed by atoms with Gasteiger partial charge >= 0.3 is 5.76 Å². The summed E-state index contributed by atoms with van der Waals surface area (Å²) in [5.41, 5.74) is 1.76. The van der Waals surface area contributed by atoms with E-state index in [0.29, 0.717) is 22.4 Å². The minimum atomic E-state index is -3.83. The van der Waals surface area contributed by atoms with Crippen molar-refractivity contribution < 1.29 is 17.6 Å². The lowest BCUT2D eigenvalue weighted by Crippen LogP contribution is -2.06. The van der Waals surface area contributed by atoms with Crippen molar-refractivity contribution in [1.29, 1.82) is 5.26 Å². The van der Waals surface area contributed by atoms with Crippen molar-refractivity contribution >= 4 is 27.0 Å². The topological polar surface area (TPSA) is 113 Å². The third kappa shape index (κ3) is 3.68. The number of methoxy groups -OCH3 is 1. The second-order valence-electron chi connectivity index (χ2n) is 5.50. The van der Waals surface area contributed by atoms with Gasteiger partial charge in [-0.2, -0.15) is 5.26 Å². The van der Waals surface area contributed by atoms with E-state index in [-0.39, 0.29) is 16.2 Å². The third-order valence-electron chi connectivity index (χ3n) is 3.70. The lowest BCUT2D eigenvalue weighted by Gasteiger charge is -2.05. The zero-order valence-electron chi connectivity index (χ0n) is 13.7. The van der Waals surface area contributed by atoms with Gasteiger partial charge in [-0.1, -0.05) is 18.2 Å². The van der Waals surface area contributed by atoms with Gasteiger partial charge in [-0.05, 0) is 41.5 Å². The van der Waals surface area contributed by atoms with E-state index in [9.17, 15) is 18.5 Å². The summed E-state index contributed by atoms with van der Waals surface area (Å²) in [4.78, 5) is 13.3. The van der Waals surface area contributed by atoms with E-state index in [1.54, 1.807) is 42.5 Å². The van der Waals surface area contributed by atoms with Crippen molar-refractivity contribution in [3.8, 4) is 11.8 Å². The highest BCUT2D eigenvalue weighted by molar-refractivity contribution is 7.95. The van der Waals surface area contributed by atoms with Crippen molar-refractivity contribution in [3.63, 3.8) is 0 Å². The number of sulfone groups is 1. The first kappa shape index (κ1) is 17.5. The predicted octanol–water partition coefficient (Wildman–Crippen LogP) is 2.61. The number of hydrogen-bond donors (Lipinski definition) is 1. The molecule has 0 spiro atoms. The zero-order valence-corrected chi connectivity index (χ0v) is 14.5. The molecule has 0 aliphatic rings. The monoisotopic (exact) mass is 370 g/mol. The van der Waals surface area contributed by atoms with Crippen LogP contribution in [0, 0.1) is 11.3 Å². The number of allylic oxidation sites excluding steroid dienone is 1. The summed E-state index contributed by atoms with van der Waals surface area (Å²) in [6.45, 7) is 0. The summed E-state index contributed by atoms with van der Waals surface area (Å²) < 4.78 is 35.1. The molecule has 8 heteroatoms. The van der Waals surface area contributed by atoms with Gasteiger partial charge in [0.15, 0.2) is 15.4 Å². The molecule has 0 unspecified atom stereocenters. The molecule has 1 N–H and O–H groups in total. The van der Waals surface area contributed by atoms with E-state index in [2.05, 4.69) is 4.98 Å². The maximum absolute atomic E-state index is 12.6. The highest BCUT2D eigenvalue weighted by atomic mass is 32.2. The second-order valence-corrected chi connectivity index (χ2v) is 7.46. The van der Waals surface area contributed by atoms with Gasteiger partial charge in [-0.15, -0.1) is 0 Å². The van der Waals surface area contributed by atoms with Gasteiger partial charge in [0.2, 0.25) is 0 Å². The van der Waals surface area contributed by atoms with Gasteiger partial charge in [0.1, 0.15) is 16.7 Å². The molecule has 0 aliphatic carbocycles. The van der Waals surface area contributed by atoms with Crippen molar-refractivity contribution in [3.05, 3.63) is 69.0 Å². The van der Waals surface area contributed by atoms with Crippen molar-refractivity contribution in [2.75, 3.05) is 7.11 Å². The molecule has 2 aromatic carbocycles. The molecule has 0 saturated heterocycles. The summed E-state index contributed by atoms with van der Waals surface area (Å²) in [5.74, 6) is -0.296. The number of ether oxygens (including phenoxy) is 1. The fourth-order valence-electron chi connectivity index (χ4n) is 2.41. The zero-order chi connectivity index (χ0) is 18.7. The quantitative estimate of drug-likeness (QED) is 0.691. The molecule has 0 saturated carbocycles. The van der Waals surface area contributed by atoms with Crippen molar-refractivity contribution in [2.45, 2.75) is 5.75 Å². The Morgan fingerprint density at radius 2 is 2.00 bits per heavy atom. The third-order valence-corrected chi connectivity index (χ3v) is 5.30. The smallest absolute Gasteiger partial charge is 0.417 e. The van der Waals surface area contributed by atoms with E-state index < -0.39 is 15.6 Å². The fourth-order valence-corrected chi connectivity index (χ4v) is 3.66. The summed E-state index contributed by atoms with van der Waals surface area (Å²) in [6.07, 6.45) is 1.26. The molecular formula is C18H14N2O5S. The number of aromatic amines is 1. The highest BCUT2D eigenvalue weighted by Crippen LogP contribution is 2.21. The molecule has 0 atom stereocenters. The van der Waals surface area contributed by atoms with Crippen LogP contribution in [0.2, 0.25) is 0 Å². The van der Waals surface area contributed by atoms with Crippen LogP contribution in [-0.2, 0) is 15.6 Å². The number of oxazole rings is 1. The van der Waals surface area contributed by atoms with Gasteiger partial charge < -0.3 is 9.15 Å². The number of nitriles is 1. The molecule has 26 heavy (non-hydrogen) atoms. The Balaban J connectivity index is 1.92. The van der Waals surface area contributed by atoms with Crippen molar-refractivity contribution in [2.24, 2.45) is 0 Å². The summed E-state index contributed by atoms with van der Waals surface area (Å²) >= 11 is 0. The van der Waals surface area contributed by atoms with E-state index in [1.165, 1.54) is 19.3 Å². The van der Waals surface area contributed by atoms with Crippen LogP contribution < -0.4 is 10.5 Å². The van der Waals surface area contributed by atoms with Crippen molar-refractivity contribution in [1.82, 2.24) is 4.98 Å². The predicted molar refractivity (Wildman–Crippen MR) is 96.0 cm³/mol. The summed E-state index contributed by atoms with van der Waals surface area (Å²) in [5, 5.41) is 9.30. The molecule has 7 nitrogen and oxygen atoms in total. The van der Waals surface area contributed by atoms with Crippen LogP contribution in [0.15, 0.2) is 56.6 Å². The van der Waals surface area contributed by atoms with E-state index in [4.69, 9.17) is 9.15 Å². The molecule has 0 fully saturated rings. The molecule has 3 rings (SSSR count). The Hall–Kier alpha value is -3.31. The first-order valence-electron chi connectivity index (χ1n) is 7.51. The average Bonchev–Trinajstić information content (AvgIpc) is 2.99. The van der Waals surface area contributed by atoms with Crippen LogP contribution in [0.5, 0.6) is 5.75 Å². The van der Waals surface area contributed by atoms with E-state index in [1.807, 2.05) is 0 Å². The molecule has 3 aromatic rings. The molecule has 0 amide bonds. The van der Waals surface area contributed by atoms with Gasteiger partial charge in [-0.3, -0.25) is 4.98 Å². The van der Waals surface area contributed by atoms with E-state index >= 15 is 0 Å². The van der Waals surface area contributed by atoms with Gasteiger partial charge in [-0.25, -0.2) is 13.2 Å². The Kier molecular flexibility index (Phi) is 4.65. The Morgan fingerprint density at radius 1 is 1.27 bits per heavy atom. The second kappa shape index (κ2) is 6.90. The first-order chi connectivity index (χ1) is 12.4. The number of nitrogens with one attached hydrogen (secondary N) is 1. The Bertz CT molecular complexity index is 1180. The molecule has 132 valence electrons. The largest absolute Gasteiger partial charge is 0.497 e. The number of fused-ring (bicyclic) bond motifs is 1. The number of rotatable bonds is 5. The van der Waals surface area contributed by atoms with Gasteiger partial charge in [0.05, 0.1) is 18.4 Å². The lowest BCUT2D eigenvalue weighted by atomic mass is 10.2. The van der Waals surface area contributed by atoms with Crippen LogP contribution in [0.25, 0.3) is 17.2 Å². The standard InChI is InChI=1S/C18H14N2O5S/c1-24-14-5-2-12(3-6-14)11-26(22,23)15(10-19)8-13-4-7-16-17(9-13)25-18(21)20-16/h2-9H,11H2,1H3,(H,20,21)/b15-8+. The fraction of sp³-hybridized carbons (Fsp3) is 0.111. The highest BCUT2D eigenvalue weighted by Gasteiger charge is 2.19. The SMILES string of the molecule is COc1ccc(CS(=O)(=O)/C(C#N)=C/c2ccc3[nH]c(=O)oc3c2)cc1. The molecule has 0 bridgehead atoms. The molecule has 0 radical (unpaired) electrons. The Morgan fingerprint density at radius 3 is 2.65 bits per heavy atom. The van der Waals surface area contributed by atoms with Crippen LogP contribution in [0.4, 0.5) is 0 Å². The average molecular weight is 370 g/mol. The molecule has 0 aliphatic heterocycles. The van der Waals surface area contributed by atoms with E-state index in [0.717, 1.165) is 0 Å². The first-order valence-corrected chi connectivity index (χ1v) is 9.17.